The van der Waals surface area contributed by atoms with Gasteiger partial charge in [-0.3, -0.25) is 10.1 Å². The van der Waals surface area contributed by atoms with Gasteiger partial charge in [0.05, 0.1) is 5.57 Å². The van der Waals surface area contributed by atoms with Crippen LogP contribution in [0.4, 0.5) is 4.79 Å². The second-order valence-electron chi connectivity index (χ2n) is 3.33. The van der Waals surface area contributed by atoms with Crippen molar-refractivity contribution in [2.45, 2.75) is 0 Å². The monoisotopic (exact) mass is 232 g/mol. The van der Waals surface area contributed by atoms with Gasteiger partial charge in [0.25, 0.3) is 5.91 Å². The molecule has 17 heavy (non-hydrogen) atoms. The third kappa shape index (κ3) is 2.00. The molecule has 1 aliphatic rings. The summed E-state index contributed by atoms with van der Waals surface area (Å²) in [6, 6.07) is 7.39. The molecule has 0 aliphatic carbocycles. The van der Waals surface area contributed by atoms with E-state index in [1.54, 1.807) is 30.3 Å². The number of hydrogen-bond acceptors (Lipinski definition) is 3. The lowest BCUT2D eigenvalue weighted by molar-refractivity contribution is -0.130. The molecule has 0 radical (unpaired) electrons. The molecule has 1 aromatic rings. The molecule has 1 saturated heterocycles. The van der Waals surface area contributed by atoms with Crippen molar-refractivity contribution in [1.82, 2.24) is 10.6 Å². The van der Waals surface area contributed by atoms with Crippen LogP contribution in [0, 0.1) is 0 Å². The van der Waals surface area contributed by atoms with Crippen LogP contribution in [0.5, 0.6) is 0 Å². The average molecular weight is 232 g/mol. The van der Waals surface area contributed by atoms with E-state index in [9.17, 15) is 14.4 Å². The van der Waals surface area contributed by atoms with Crippen molar-refractivity contribution in [3.8, 4) is 0 Å². The number of carbonyl (C=O) groups excluding carboxylic acids is 2. The zero-order valence-corrected chi connectivity index (χ0v) is 8.56. The second-order valence-corrected chi connectivity index (χ2v) is 3.33. The fourth-order valence-electron chi connectivity index (χ4n) is 1.52. The molecule has 0 aromatic heterocycles. The first-order valence-electron chi connectivity index (χ1n) is 4.75. The van der Waals surface area contributed by atoms with E-state index in [1.807, 2.05) is 5.32 Å². The van der Waals surface area contributed by atoms with Crippen LogP contribution in [0.3, 0.4) is 0 Å². The second kappa shape index (κ2) is 4.09. The van der Waals surface area contributed by atoms with Crippen LogP contribution in [0.1, 0.15) is 5.56 Å². The van der Waals surface area contributed by atoms with E-state index in [0.717, 1.165) is 0 Å². The Morgan fingerprint density at radius 3 is 2.18 bits per heavy atom. The van der Waals surface area contributed by atoms with E-state index in [1.165, 1.54) is 0 Å². The number of amides is 3. The van der Waals surface area contributed by atoms with Crippen LogP contribution in [-0.4, -0.2) is 23.0 Å². The molecule has 3 amide bonds. The Bertz CT molecular complexity index is 534. The largest absolute Gasteiger partial charge is 0.478 e. The molecule has 86 valence electrons. The third-order valence-electron chi connectivity index (χ3n) is 2.22. The van der Waals surface area contributed by atoms with E-state index in [2.05, 4.69) is 5.32 Å². The maximum absolute atomic E-state index is 11.4. The van der Waals surface area contributed by atoms with E-state index >= 15 is 0 Å². The lowest BCUT2D eigenvalue weighted by atomic mass is 10.0. The van der Waals surface area contributed by atoms with Gasteiger partial charge in [-0.15, -0.1) is 0 Å². The molecule has 0 saturated carbocycles. The molecule has 0 spiro atoms. The first kappa shape index (κ1) is 10.9. The summed E-state index contributed by atoms with van der Waals surface area (Å²) in [7, 11) is 0. The maximum atomic E-state index is 11.4. The molecule has 1 aliphatic heterocycles. The van der Waals surface area contributed by atoms with Gasteiger partial charge in [-0.25, -0.2) is 9.59 Å². The van der Waals surface area contributed by atoms with Gasteiger partial charge < -0.3 is 10.4 Å². The molecule has 1 heterocycles. The van der Waals surface area contributed by atoms with Gasteiger partial charge in [0.2, 0.25) is 0 Å². The van der Waals surface area contributed by atoms with Crippen molar-refractivity contribution < 1.29 is 19.5 Å². The van der Waals surface area contributed by atoms with E-state index in [-0.39, 0.29) is 11.3 Å². The number of rotatable bonds is 2. The maximum Gasteiger partial charge on any atom is 0.338 e. The molecule has 0 atom stereocenters. The minimum Gasteiger partial charge on any atom is -0.478 e. The highest BCUT2D eigenvalue weighted by Gasteiger charge is 2.30. The van der Waals surface area contributed by atoms with Gasteiger partial charge in [-0.05, 0) is 5.56 Å². The Hall–Kier alpha value is -2.63. The van der Waals surface area contributed by atoms with Crippen molar-refractivity contribution in [2.75, 3.05) is 0 Å². The molecular formula is C11H8N2O4. The normalized spacial score (nSPS) is 17.4. The standard InChI is InChI=1S/C11H8N2O4/c14-9-8(12-11(17)13-9)7(10(15)16)6-4-2-1-3-5-6/h1-5H,(H,15,16)(H2,12,13,14,17). The lowest BCUT2D eigenvalue weighted by Gasteiger charge is -2.04. The Kier molecular flexibility index (Phi) is 2.61. The van der Waals surface area contributed by atoms with Crippen molar-refractivity contribution in [3.05, 3.63) is 41.6 Å². The first-order chi connectivity index (χ1) is 8.09. The molecule has 6 heteroatoms. The van der Waals surface area contributed by atoms with Gasteiger partial charge >= 0.3 is 12.0 Å². The highest BCUT2D eigenvalue weighted by molar-refractivity contribution is 6.27. The van der Waals surface area contributed by atoms with Crippen LogP contribution >= 0.6 is 0 Å². The number of aliphatic carboxylic acids is 1. The number of nitrogens with one attached hydrogen (secondary N) is 2. The number of carbonyl (C=O) groups is 3. The van der Waals surface area contributed by atoms with Crippen molar-refractivity contribution in [3.63, 3.8) is 0 Å². The van der Waals surface area contributed by atoms with Crippen LogP contribution < -0.4 is 10.6 Å². The summed E-state index contributed by atoms with van der Waals surface area (Å²) in [5, 5.41) is 13.2. The Morgan fingerprint density at radius 1 is 1.06 bits per heavy atom. The predicted octanol–water partition coefficient (Wildman–Crippen LogP) is 0.322. The van der Waals surface area contributed by atoms with Gasteiger partial charge in [0, 0.05) is 0 Å². The summed E-state index contributed by atoms with van der Waals surface area (Å²) in [6.45, 7) is 0. The van der Waals surface area contributed by atoms with Crippen LogP contribution in [0.25, 0.3) is 5.57 Å². The number of urea groups is 1. The number of carboxylic acid groups (broad SMARTS) is 1. The summed E-state index contributed by atoms with van der Waals surface area (Å²) in [6.07, 6.45) is 0. The van der Waals surface area contributed by atoms with E-state index < -0.39 is 17.9 Å². The number of imide groups is 1. The SMILES string of the molecule is O=C1NC(=O)C(=C(C(=O)O)c2ccccc2)N1. The summed E-state index contributed by atoms with van der Waals surface area (Å²) in [5.74, 6) is -2.01. The molecule has 0 bridgehead atoms. The molecular weight excluding hydrogens is 224 g/mol. The number of carboxylic acids is 1. The third-order valence-corrected chi connectivity index (χ3v) is 2.22. The highest BCUT2D eigenvalue weighted by Crippen LogP contribution is 2.19. The quantitative estimate of drug-likeness (QED) is 0.505. The molecule has 2 rings (SSSR count). The Labute approximate surface area is 95.9 Å². The van der Waals surface area contributed by atoms with Gasteiger partial charge in [-0.2, -0.15) is 0 Å². The molecule has 0 unspecified atom stereocenters. The number of hydrogen-bond donors (Lipinski definition) is 3. The van der Waals surface area contributed by atoms with E-state index in [0.29, 0.717) is 5.56 Å². The van der Waals surface area contributed by atoms with Gasteiger partial charge in [0.1, 0.15) is 5.70 Å². The van der Waals surface area contributed by atoms with Gasteiger partial charge in [0.15, 0.2) is 0 Å². The first-order valence-corrected chi connectivity index (χ1v) is 4.75. The minimum atomic E-state index is -1.27. The summed E-state index contributed by atoms with van der Waals surface area (Å²) in [4.78, 5) is 33.5. The molecule has 6 nitrogen and oxygen atoms in total. The average Bonchev–Trinajstić information content (AvgIpc) is 2.59. The molecule has 1 fully saturated rings. The van der Waals surface area contributed by atoms with Crippen LogP contribution in [-0.2, 0) is 9.59 Å². The topological polar surface area (TPSA) is 95.5 Å². The van der Waals surface area contributed by atoms with Crippen LogP contribution in [0.2, 0.25) is 0 Å². The summed E-state index contributed by atoms with van der Waals surface area (Å²) < 4.78 is 0. The fraction of sp³-hybridized carbons (Fsp3) is 0. The smallest absolute Gasteiger partial charge is 0.338 e. The Morgan fingerprint density at radius 2 is 1.71 bits per heavy atom. The van der Waals surface area contributed by atoms with Crippen molar-refractivity contribution in [2.24, 2.45) is 0 Å². The Balaban J connectivity index is 2.57. The number of benzene rings is 1. The molecule has 3 N–H and O–H groups in total. The van der Waals surface area contributed by atoms with Crippen molar-refractivity contribution in [1.29, 1.82) is 0 Å². The predicted molar refractivity (Wildman–Crippen MR) is 57.7 cm³/mol. The zero-order valence-electron chi connectivity index (χ0n) is 8.56. The highest BCUT2D eigenvalue weighted by atomic mass is 16.4. The lowest BCUT2D eigenvalue weighted by Crippen LogP contribution is -2.22. The zero-order chi connectivity index (χ0) is 12.4. The van der Waals surface area contributed by atoms with E-state index in [4.69, 9.17) is 5.11 Å². The summed E-state index contributed by atoms with van der Waals surface area (Å²) >= 11 is 0. The minimum absolute atomic E-state index is 0.228. The summed E-state index contributed by atoms with van der Waals surface area (Å²) in [5.41, 5.74) is -0.116. The van der Waals surface area contributed by atoms with Crippen LogP contribution in [0.15, 0.2) is 36.0 Å². The fourth-order valence-corrected chi connectivity index (χ4v) is 1.52. The molecule has 1 aromatic carbocycles. The van der Waals surface area contributed by atoms with Crippen molar-refractivity contribution >= 4 is 23.5 Å². The van der Waals surface area contributed by atoms with Gasteiger partial charge in [-0.1, -0.05) is 30.3 Å².